The summed E-state index contributed by atoms with van der Waals surface area (Å²) in [7, 11) is 1.91. The van der Waals surface area contributed by atoms with E-state index in [1.54, 1.807) is 37.9 Å². The van der Waals surface area contributed by atoms with E-state index in [0.29, 0.717) is 24.4 Å². The van der Waals surface area contributed by atoms with Gasteiger partial charge in [-0.3, -0.25) is 40.4 Å². The van der Waals surface area contributed by atoms with Crippen molar-refractivity contribution in [3.8, 4) is 22.8 Å². The van der Waals surface area contributed by atoms with Gasteiger partial charge in [-0.2, -0.15) is 10.2 Å². The van der Waals surface area contributed by atoms with Gasteiger partial charge < -0.3 is 24.6 Å². The maximum Gasteiger partial charge on any atom is 0.205 e. The number of nitrogens with one attached hydrogen (secondary N) is 1. The van der Waals surface area contributed by atoms with Gasteiger partial charge in [0.25, 0.3) is 0 Å². The smallest absolute Gasteiger partial charge is 0.205 e. The molecule has 0 aliphatic heterocycles. The van der Waals surface area contributed by atoms with E-state index < -0.39 is 8.32 Å². The maximum atomic E-state index is 12.3. The van der Waals surface area contributed by atoms with Crippen molar-refractivity contribution in [2.45, 2.75) is 125 Å². The van der Waals surface area contributed by atoms with Crippen LogP contribution in [0.25, 0.3) is 22.8 Å². The monoisotopic (exact) mass is 911 g/mol. The van der Waals surface area contributed by atoms with Gasteiger partial charge in [-0.15, -0.1) is 12.4 Å². The summed E-state index contributed by atoms with van der Waals surface area (Å²) in [6.07, 6.45) is 12.0. The van der Waals surface area contributed by atoms with Crippen LogP contribution in [0, 0.1) is 0 Å². The molecule has 5 aromatic heterocycles. The third-order valence-corrected chi connectivity index (χ3v) is 13.8. The average Bonchev–Trinajstić information content (AvgIpc) is 3.94. The van der Waals surface area contributed by atoms with Crippen molar-refractivity contribution in [1.82, 2.24) is 44.8 Å². The van der Waals surface area contributed by atoms with E-state index in [9.17, 15) is 15.0 Å². The van der Waals surface area contributed by atoms with Crippen LogP contribution in [-0.2, 0) is 24.2 Å². The van der Waals surface area contributed by atoms with Gasteiger partial charge in [0.2, 0.25) is 5.78 Å². The number of hydrogen-bond donors (Lipinski definition) is 5. The van der Waals surface area contributed by atoms with E-state index in [2.05, 4.69) is 92.1 Å². The van der Waals surface area contributed by atoms with Gasteiger partial charge in [0, 0.05) is 98.8 Å². The number of halogens is 1. The van der Waals surface area contributed by atoms with Crippen LogP contribution in [0.2, 0.25) is 18.1 Å². The predicted octanol–water partition coefficient (Wildman–Crippen LogP) is 8.18. The number of aliphatic hydroxyl groups excluding tert-OH is 3. The SMILES string of the molecule is CC(C)NN.CC(C)n1ccc(-c2ncccc2CO)n1.CC(C)n1nccc1-c1ncccc1CO.CCO.CN(C)/C=C/C(=O)c1ncccc1CO[Si](C)(C)C(C)(C)C.Cl. The lowest BCUT2D eigenvalue weighted by atomic mass is 10.1. The first-order chi connectivity index (χ1) is 29.2. The molecular weight excluding hydrogens is 836 g/mol. The lowest BCUT2D eigenvalue weighted by molar-refractivity contribution is 0.103. The molecule has 0 amide bonds. The summed E-state index contributed by atoms with van der Waals surface area (Å²) in [5.41, 5.74) is 8.78. The maximum absolute atomic E-state index is 12.3. The van der Waals surface area contributed by atoms with E-state index in [1.165, 1.54) is 6.08 Å². The number of nitrogens with zero attached hydrogens (tertiary/aromatic N) is 8. The molecule has 0 saturated carbocycles. The van der Waals surface area contributed by atoms with Crippen molar-refractivity contribution >= 4 is 26.5 Å². The Bertz CT molecular complexity index is 2050. The molecule has 17 heteroatoms. The number of hydrogen-bond acceptors (Lipinski definition) is 13. The van der Waals surface area contributed by atoms with E-state index in [4.69, 9.17) is 15.4 Å². The van der Waals surface area contributed by atoms with E-state index in [0.717, 1.165) is 39.5 Å². The molecule has 5 heterocycles. The predicted molar refractivity (Wildman–Crippen MR) is 259 cm³/mol. The summed E-state index contributed by atoms with van der Waals surface area (Å²) in [4.78, 5) is 26.9. The van der Waals surface area contributed by atoms with Crippen molar-refractivity contribution in [2.24, 2.45) is 5.84 Å². The molecule has 0 unspecified atom stereocenters. The standard InChI is InChI=1S/C17H28N2O2Si.2C12H15N3O.C3H10N2.C2H6O.ClH/c1-17(2,3)22(6,7)21-13-14-9-8-11-18-16(14)15(20)10-12-19(4)5;1-9(2)15-7-5-11(14-15)12-10(8-16)4-3-6-13-12;1-9(2)15-11(5-7-14-15)12-10(8-16)4-3-6-13-12;1-3(2)5-4;1-2-3;/h8-12H,13H2,1-7H3;2*3-7,9,16H,8H2,1-2H3;3,5H,4H2,1-2H3;3H,2H2,1H3;1H/b12-10+;;;;;. The lowest BCUT2D eigenvalue weighted by Gasteiger charge is -2.36. The second-order valence-electron chi connectivity index (χ2n) is 16.7. The Morgan fingerprint density at radius 2 is 1.35 bits per heavy atom. The number of pyridine rings is 3. The third kappa shape index (κ3) is 20.2. The minimum Gasteiger partial charge on any atom is -0.412 e. The van der Waals surface area contributed by atoms with Crippen LogP contribution in [0.3, 0.4) is 0 Å². The number of rotatable bonds is 13. The Labute approximate surface area is 383 Å². The molecule has 63 heavy (non-hydrogen) atoms. The molecule has 6 N–H and O–H groups in total. The van der Waals surface area contributed by atoms with E-state index in [1.807, 2.05) is 96.9 Å². The molecule has 0 aliphatic rings. The molecule has 0 bridgehead atoms. The topological polar surface area (TPSA) is 203 Å². The van der Waals surface area contributed by atoms with Crippen molar-refractivity contribution in [2.75, 3.05) is 20.7 Å². The zero-order valence-corrected chi connectivity index (χ0v) is 41.8. The van der Waals surface area contributed by atoms with Crippen molar-refractivity contribution in [3.63, 3.8) is 0 Å². The fourth-order valence-electron chi connectivity index (χ4n) is 4.81. The molecule has 5 aromatic rings. The first kappa shape index (κ1) is 58.3. The highest BCUT2D eigenvalue weighted by Gasteiger charge is 2.37. The summed E-state index contributed by atoms with van der Waals surface area (Å²) >= 11 is 0. The largest absolute Gasteiger partial charge is 0.412 e. The fourth-order valence-corrected chi connectivity index (χ4v) is 5.76. The van der Waals surface area contributed by atoms with Gasteiger partial charge in [0.1, 0.15) is 11.4 Å². The van der Waals surface area contributed by atoms with E-state index in [-0.39, 0.29) is 49.1 Å². The van der Waals surface area contributed by atoms with Crippen LogP contribution < -0.4 is 11.3 Å². The number of hydrazine groups is 1. The zero-order valence-electron chi connectivity index (χ0n) is 39.9. The molecule has 0 radical (unpaired) electrons. The van der Waals surface area contributed by atoms with Gasteiger partial charge in [0.15, 0.2) is 8.32 Å². The number of nitrogens with two attached hydrogens (primary N) is 1. The molecule has 15 nitrogen and oxygen atoms in total. The van der Waals surface area contributed by atoms with Crippen LogP contribution in [0.15, 0.2) is 91.8 Å². The summed E-state index contributed by atoms with van der Waals surface area (Å²) < 4.78 is 9.99. The van der Waals surface area contributed by atoms with Crippen LogP contribution in [0.1, 0.15) is 108 Å². The van der Waals surface area contributed by atoms with Crippen LogP contribution in [0.5, 0.6) is 0 Å². The molecule has 0 aliphatic carbocycles. The number of ketones is 1. The quantitative estimate of drug-likeness (QED) is 0.0249. The van der Waals surface area contributed by atoms with Crippen LogP contribution in [-0.4, -0.2) is 95.6 Å². The van der Waals surface area contributed by atoms with Gasteiger partial charge in [-0.25, -0.2) is 0 Å². The highest BCUT2D eigenvalue weighted by molar-refractivity contribution is 6.74. The first-order valence-electron chi connectivity index (χ1n) is 20.9. The molecule has 0 atom stereocenters. The summed E-state index contributed by atoms with van der Waals surface area (Å²) in [5.74, 6) is 4.83. The Balaban J connectivity index is 0.000000845. The summed E-state index contributed by atoms with van der Waals surface area (Å²) in [5, 5.41) is 34.9. The minimum absolute atomic E-state index is 0. The normalized spacial score (nSPS) is 11.1. The number of aliphatic hydroxyl groups is 3. The number of carbonyl (C=O) groups is 1. The summed E-state index contributed by atoms with van der Waals surface area (Å²) in [6, 6.07) is 16.0. The second kappa shape index (κ2) is 29.7. The molecule has 0 fully saturated rings. The first-order valence-corrected chi connectivity index (χ1v) is 23.8. The average molecular weight is 912 g/mol. The molecular formula is C46H75ClN10O5Si. The highest BCUT2D eigenvalue weighted by atomic mass is 35.5. The molecule has 0 aromatic carbocycles. The molecule has 5 rings (SSSR count). The minimum atomic E-state index is -1.85. The van der Waals surface area contributed by atoms with Crippen LogP contribution in [0.4, 0.5) is 0 Å². The Morgan fingerprint density at radius 1 is 0.841 bits per heavy atom. The van der Waals surface area contributed by atoms with Gasteiger partial charge in [0.05, 0.1) is 36.9 Å². The number of aromatic nitrogens is 7. The number of allylic oxidation sites excluding steroid dienone is 1. The Morgan fingerprint density at radius 3 is 1.81 bits per heavy atom. The van der Waals surface area contributed by atoms with Gasteiger partial charge in [-0.05, 0) is 96.9 Å². The molecule has 0 spiro atoms. The molecule has 0 saturated heterocycles. The summed E-state index contributed by atoms with van der Waals surface area (Å²) in [6.45, 7) is 25.6. The third-order valence-electron chi connectivity index (χ3n) is 9.28. The Kier molecular flexibility index (Phi) is 27.5. The van der Waals surface area contributed by atoms with Gasteiger partial charge >= 0.3 is 0 Å². The Hall–Kier alpha value is -4.65. The van der Waals surface area contributed by atoms with Crippen molar-refractivity contribution < 1.29 is 24.5 Å². The fraction of sp³-hybridized carbons (Fsp3) is 0.478. The molecule has 350 valence electrons. The van der Waals surface area contributed by atoms with Crippen LogP contribution >= 0.6 is 12.4 Å². The van der Waals surface area contributed by atoms with E-state index >= 15 is 0 Å². The zero-order chi connectivity index (χ0) is 47.0. The number of carbonyl (C=O) groups excluding carboxylic acids is 1. The van der Waals surface area contributed by atoms with Crippen molar-refractivity contribution in [1.29, 1.82) is 0 Å². The van der Waals surface area contributed by atoms with Gasteiger partial charge in [-0.1, -0.05) is 39.0 Å². The van der Waals surface area contributed by atoms with Crippen molar-refractivity contribution in [3.05, 3.63) is 114 Å². The second-order valence-corrected chi connectivity index (χ2v) is 21.5. The lowest BCUT2D eigenvalue weighted by Crippen LogP contribution is -2.40. The highest BCUT2D eigenvalue weighted by Crippen LogP contribution is 2.37.